The summed E-state index contributed by atoms with van der Waals surface area (Å²) >= 11 is 0. The van der Waals surface area contributed by atoms with Crippen LogP contribution in [0.2, 0.25) is 0 Å². The summed E-state index contributed by atoms with van der Waals surface area (Å²) in [5, 5.41) is 0. The highest BCUT2D eigenvalue weighted by Gasteiger charge is 2.25. The van der Waals surface area contributed by atoms with Crippen molar-refractivity contribution < 1.29 is 0 Å². The monoisotopic (exact) mass is 226 g/mol. The Bertz CT molecular complexity index is 179. The van der Waals surface area contributed by atoms with E-state index in [4.69, 9.17) is 5.73 Å². The van der Waals surface area contributed by atoms with Gasteiger partial charge in [0, 0.05) is 18.6 Å². The first-order chi connectivity index (χ1) is 7.49. The van der Waals surface area contributed by atoms with Crippen LogP contribution in [0, 0.1) is 11.8 Å². The van der Waals surface area contributed by atoms with Crippen LogP contribution in [-0.4, -0.2) is 30.1 Å². The minimum Gasteiger partial charge on any atom is -0.327 e. The summed E-state index contributed by atoms with van der Waals surface area (Å²) in [6, 6.07) is 1.17. The lowest BCUT2D eigenvalue weighted by atomic mass is 9.92. The average molecular weight is 226 g/mol. The van der Waals surface area contributed by atoms with Gasteiger partial charge in [0.2, 0.25) is 0 Å². The Morgan fingerprint density at radius 3 is 2.12 bits per heavy atom. The van der Waals surface area contributed by atoms with Gasteiger partial charge in [0.1, 0.15) is 0 Å². The molecule has 2 N–H and O–H groups in total. The molecule has 0 amide bonds. The molecule has 1 aliphatic heterocycles. The van der Waals surface area contributed by atoms with Crippen molar-refractivity contribution in [3.8, 4) is 0 Å². The normalized spacial score (nSPS) is 23.6. The molecule has 2 heteroatoms. The standard InChI is InChI=1S/C14H30N2/c1-11(2)8-14(9-12(3)4)16-7-5-6-13(15)10-16/h11-14H,5-10,15H2,1-4H3. The van der Waals surface area contributed by atoms with Gasteiger partial charge in [-0.3, -0.25) is 4.90 Å². The maximum absolute atomic E-state index is 6.08. The Kier molecular flexibility index (Phi) is 5.77. The zero-order valence-electron chi connectivity index (χ0n) is 11.6. The summed E-state index contributed by atoms with van der Waals surface area (Å²) in [4.78, 5) is 2.65. The molecule has 1 saturated heterocycles. The van der Waals surface area contributed by atoms with Crippen molar-refractivity contribution in [3.05, 3.63) is 0 Å². The van der Waals surface area contributed by atoms with Gasteiger partial charge in [-0.1, -0.05) is 27.7 Å². The van der Waals surface area contributed by atoms with Crippen LogP contribution in [0.5, 0.6) is 0 Å². The predicted molar refractivity (Wildman–Crippen MR) is 71.5 cm³/mol. The highest BCUT2D eigenvalue weighted by molar-refractivity contribution is 4.82. The van der Waals surface area contributed by atoms with Gasteiger partial charge in [-0.15, -0.1) is 0 Å². The van der Waals surface area contributed by atoms with Crippen LogP contribution >= 0.6 is 0 Å². The van der Waals surface area contributed by atoms with Crippen LogP contribution in [0.25, 0.3) is 0 Å². The summed E-state index contributed by atoms with van der Waals surface area (Å²) in [7, 11) is 0. The molecule has 0 aromatic carbocycles. The van der Waals surface area contributed by atoms with Crippen LogP contribution in [0.4, 0.5) is 0 Å². The van der Waals surface area contributed by atoms with Crippen LogP contribution in [-0.2, 0) is 0 Å². The zero-order valence-corrected chi connectivity index (χ0v) is 11.6. The Labute approximate surface area is 102 Å². The average Bonchev–Trinajstić information content (AvgIpc) is 2.15. The summed E-state index contributed by atoms with van der Waals surface area (Å²) in [6.45, 7) is 11.7. The third kappa shape index (κ3) is 4.84. The van der Waals surface area contributed by atoms with Crippen molar-refractivity contribution in [1.82, 2.24) is 4.90 Å². The van der Waals surface area contributed by atoms with Crippen molar-refractivity contribution in [1.29, 1.82) is 0 Å². The number of nitrogens with two attached hydrogens (primary N) is 1. The van der Waals surface area contributed by atoms with Crippen molar-refractivity contribution in [3.63, 3.8) is 0 Å². The second-order valence-corrected chi connectivity index (χ2v) is 6.31. The lowest BCUT2D eigenvalue weighted by Gasteiger charge is -2.38. The molecule has 0 bridgehead atoms. The van der Waals surface area contributed by atoms with Gasteiger partial charge in [0.15, 0.2) is 0 Å². The molecule has 0 aromatic rings. The molecule has 96 valence electrons. The van der Waals surface area contributed by atoms with E-state index in [2.05, 4.69) is 32.6 Å². The minimum atomic E-state index is 0.413. The van der Waals surface area contributed by atoms with E-state index in [0.717, 1.165) is 24.4 Å². The summed E-state index contributed by atoms with van der Waals surface area (Å²) in [5.41, 5.74) is 6.08. The van der Waals surface area contributed by atoms with Gasteiger partial charge in [0.25, 0.3) is 0 Å². The zero-order chi connectivity index (χ0) is 12.1. The number of likely N-dealkylation sites (tertiary alicyclic amines) is 1. The van der Waals surface area contributed by atoms with E-state index in [1.807, 2.05) is 0 Å². The SMILES string of the molecule is CC(C)CC(CC(C)C)N1CCCC(N)C1. The number of nitrogens with zero attached hydrogens (tertiary/aromatic N) is 1. The molecule has 0 spiro atoms. The molecule has 1 rings (SSSR count). The second kappa shape index (κ2) is 6.61. The lowest BCUT2D eigenvalue weighted by Crippen LogP contribution is -2.48. The van der Waals surface area contributed by atoms with Gasteiger partial charge >= 0.3 is 0 Å². The molecule has 0 radical (unpaired) electrons. The molecule has 0 aromatic heterocycles. The van der Waals surface area contributed by atoms with Crippen molar-refractivity contribution in [2.24, 2.45) is 17.6 Å². The van der Waals surface area contributed by atoms with Gasteiger partial charge in [-0.2, -0.15) is 0 Å². The Morgan fingerprint density at radius 2 is 1.69 bits per heavy atom. The maximum atomic E-state index is 6.08. The van der Waals surface area contributed by atoms with Gasteiger partial charge in [-0.25, -0.2) is 0 Å². The third-order valence-electron chi connectivity index (χ3n) is 3.49. The third-order valence-corrected chi connectivity index (χ3v) is 3.49. The van der Waals surface area contributed by atoms with E-state index in [9.17, 15) is 0 Å². The van der Waals surface area contributed by atoms with E-state index in [1.54, 1.807) is 0 Å². The second-order valence-electron chi connectivity index (χ2n) is 6.31. The molecule has 0 saturated carbocycles. The smallest absolute Gasteiger partial charge is 0.0168 e. The molecule has 1 aliphatic rings. The Hall–Kier alpha value is -0.0800. The summed E-state index contributed by atoms with van der Waals surface area (Å²) in [5.74, 6) is 1.59. The quantitative estimate of drug-likeness (QED) is 0.781. The number of hydrogen-bond donors (Lipinski definition) is 1. The van der Waals surface area contributed by atoms with E-state index in [-0.39, 0.29) is 0 Å². The fraction of sp³-hybridized carbons (Fsp3) is 1.00. The highest BCUT2D eigenvalue weighted by Crippen LogP contribution is 2.22. The molecule has 0 aliphatic carbocycles. The summed E-state index contributed by atoms with van der Waals surface area (Å²) in [6.07, 6.45) is 5.15. The van der Waals surface area contributed by atoms with Crippen LogP contribution < -0.4 is 5.73 Å². The molecule has 1 heterocycles. The van der Waals surface area contributed by atoms with Crippen molar-refractivity contribution in [2.75, 3.05) is 13.1 Å². The largest absolute Gasteiger partial charge is 0.327 e. The molecule has 2 nitrogen and oxygen atoms in total. The van der Waals surface area contributed by atoms with Gasteiger partial charge in [-0.05, 0) is 44.1 Å². The van der Waals surface area contributed by atoms with Gasteiger partial charge < -0.3 is 5.73 Å². The lowest BCUT2D eigenvalue weighted by molar-refractivity contribution is 0.116. The van der Waals surface area contributed by atoms with Crippen LogP contribution in [0.1, 0.15) is 53.4 Å². The van der Waals surface area contributed by atoms with E-state index >= 15 is 0 Å². The van der Waals surface area contributed by atoms with Crippen LogP contribution in [0.3, 0.4) is 0 Å². The van der Waals surface area contributed by atoms with E-state index in [0.29, 0.717) is 6.04 Å². The highest BCUT2D eigenvalue weighted by atomic mass is 15.2. The molecule has 16 heavy (non-hydrogen) atoms. The fourth-order valence-corrected chi connectivity index (χ4v) is 2.85. The first-order valence-corrected chi connectivity index (χ1v) is 6.98. The first kappa shape index (κ1) is 14.0. The van der Waals surface area contributed by atoms with Crippen molar-refractivity contribution in [2.45, 2.75) is 65.5 Å². The fourth-order valence-electron chi connectivity index (χ4n) is 2.85. The van der Waals surface area contributed by atoms with Crippen molar-refractivity contribution >= 4 is 0 Å². The number of rotatable bonds is 5. The molecular formula is C14H30N2. The summed E-state index contributed by atoms with van der Waals surface area (Å²) < 4.78 is 0. The molecule has 1 unspecified atom stereocenters. The Morgan fingerprint density at radius 1 is 1.12 bits per heavy atom. The minimum absolute atomic E-state index is 0.413. The first-order valence-electron chi connectivity index (χ1n) is 6.98. The number of piperidine rings is 1. The predicted octanol–water partition coefficient (Wildman–Crippen LogP) is 2.87. The maximum Gasteiger partial charge on any atom is 0.0168 e. The Balaban J connectivity index is 2.52. The van der Waals surface area contributed by atoms with E-state index in [1.165, 1.54) is 32.2 Å². The van der Waals surface area contributed by atoms with E-state index < -0.39 is 0 Å². The topological polar surface area (TPSA) is 29.3 Å². The van der Waals surface area contributed by atoms with Crippen LogP contribution in [0.15, 0.2) is 0 Å². The molecule has 1 atom stereocenters. The number of hydrogen-bond acceptors (Lipinski definition) is 2. The molecular weight excluding hydrogens is 196 g/mol. The van der Waals surface area contributed by atoms with Gasteiger partial charge in [0.05, 0.1) is 0 Å². The molecule has 1 fully saturated rings.